The van der Waals surface area contributed by atoms with E-state index in [0.29, 0.717) is 19.8 Å². The fourth-order valence-corrected chi connectivity index (χ4v) is 2.05. The number of ether oxygens (including phenoxy) is 1. The quantitative estimate of drug-likeness (QED) is 0.671. The van der Waals surface area contributed by atoms with E-state index in [1.807, 2.05) is 21.0 Å². The van der Waals surface area contributed by atoms with Gasteiger partial charge < -0.3 is 20.3 Å². The Balaban J connectivity index is 0.00000324. The summed E-state index contributed by atoms with van der Waals surface area (Å²) in [5.41, 5.74) is -0.248. The number of hydrogen-bond donors (Lipinski definition) is 2. The number of hydrogen-bond acceptors (Lipinski definition) is 4. The predicted molar refractivity (Wildman–Crippen MR) is 79.8 cm³/mol. The molecule has 0 aliphatic carbocycles. The average Bonchev–Trinajstić information content (AvgIpc) is 2.34. The van der Waals surface area contributed by atoms with Crippen LogP contribution < -0.4 is 10.6 Å². The summed E-state index contributed by atoms with van der Waals surface area (Å²) in [7, 11) is 4.03. The Labute approximate surface area is 122 Å². The largest absolute Gasteiger partial charge is 0.378 e. The van der Waals surface area contributed by atoms with E-state index in [0.717, 1.165) is 32.5 Å². The van der Waals surface area contributed by atoms with E-state index in [-0.39, 0.29) is 23.7 Å². The second kappa shape index (κ2) is 9.53. The summed E-state index contributed by atoms with van der Waals surface area (Å²) in [6.07, 6.45) is 2.04. The van der Waals surface area contributed by atoms with Crippen LogP contribution in [0.25, 0.3) is 0 Å². The molecule has 1 heterocycles. The molecule has 6 heteroatoms. The molecule has 1 rings (SSSR count). The summed E-state index contributed by atoms with van der Waals surface area (Å²) < 4.78 is 5.44. The highest BCUT2D eigenvalue weighted by Crippen LogP contribution is 2.25. The summed E-state index contributed by atoms with van der Waals surface area (Å²) in [6, 6.07) is 0. The minimum absolute atomic E-state index is 0. The van der Waals surface area contributed by atoms with Crippen LogP contribution in [0.1, 0.15) is 19.8 Å². The van der Waals surface area contributed by atoms with E-state index in [1.165, 1.54) is 0 Å². The monoisotopic (exact) mass is 293 g/mol. The zero-order valence-electron chi connectivity index (χ0n) is 12.3. The van der Waals surface area contributed by atoms with Crippen molar-refractivity contribution >= 4 is 18.3 Å². The number of amides is 1. The predicted octanol–water partition coefficient (Wildman–Crippen LogP) is 0.492. The maximum Gasteiger partial charge on any atom is 0.227 e. The van der Waals surface area contributed by atoms with Gasteiger partial charge >= 0.3 is 0 Å². The summed E-state index contributed by atoms with van der Waals surface area (Å²) >= 11 is 0. The number of likely N-dealkylation sites (N-methyl/N-ethyl adjacent to an activating group) is 1. The number of carbonyl (C=O) groups is 1. The maximum atomic E-state index is 12.0. The van der Waals surface area contributed by atoms with E-state index in [9.17, 15) is 4.79 Å². The molecule has 0 spiro atoms. The Bertz CT molecular complexity index is 256. The zero-order valence-corrected chi connectivity index (χ0v) is 13.1. The van der Waals surface area contributed by atoms with Gasteiger partial charge in [0, 0.05) is 19.6 Å². The molecule has 1 unspecified atom stereocenters. The molecule has 1 saturated heterocycles. The van der Waals surface area contributed by atoms with Crippen molar-refractivity contribution in [2.24, 2.45) is 5.41 Å². The van der Waals surface area contributed by atoms with Crippen molar-refractivity contribution in [2.75, 3.05) is 53.5 Å². The SMILES string of the molecule is CN(C)CCOCCNC(=O)C1(C)CCCNC1.Cl. The van der Waals surface area contributed by atoms with Crippen molar-refractivity contribution in [3.05, 3.63) is 0 Å². The van der Waals surface area contributed by atoms with Gasteiger partial charge in [-0.2, -0.15) is 0 Å². The highest BCUT2D eigenvalue weighted by molar-refractivity contribution is 5.85. The standard InChI is InChI=1S/C13H27N3O2.ClH/c1-13(5-4-6-14-11-13)12(17)15-7-9-18-10-8-16(2)3;/h14H,4-11H2,1-3H3,(H,15,17);1H. The molecule has 5 nitrogen and oxygen atoms in total. The topological polar surface area (TPSA) is 53.6 Å². The van der Waals surface area contributed by atoms with Crippen molar-refractivity contribution in [1.29, 1.82) is 0 Å². The first-order valence-corrected chi connectivity index (χ1v) is 6.76. The lowest BCUT2D eigenvalue weighted by atomic mass is 9.82. The summed E-state index contributed by atoms with van der Waals surface area (Å²) in [5, 5.41) is 6.25. The number of nitrogens with one attached hydrogen (secondary N) is 2. The van der Waals surface area contributed by atoms with Crippen LogP contribution in [-0.4, -0.2) is 64.3 Å². The number of piperidine rings is 1. The average molecular weight is 294 g/mol. The molecule has 19 heavy (non-hydrogen) atoms. The molecular formula is C13H28ClN3O2. The highest BCUT2D eigenvalue weighted by atomic mass is 35.5. The van der Waals surface area contributed by atoms with Crippen LogP contribution in [0, 0.1) is 5.41 Å². The van der Waals surface area contributed by atoms with Crippen LogP contribution >= 0.6 is 12.4 Å². The van der Waals surface area contributed by atoms with Crippen LogP contribution in [0.5, 0.6) is 0 Å². The van der Waals surface area contributed by atoms with Gasteiger partial charge in [0.1, 0.15) is 0 Å². The maximum absolute atomic E-state index is 12.0. The zero-order chi connectivity index (χ0) is 13.4. The van der Waals surface area contributed by atoms with E-state index in [1.54, 1.807) is 0 Å². The van der Waals surface area contributed by atoms with Crippen molar-refractivity contribution in [2.45, 2.75) is 19.8 Å². The van der Waals surface area contributed by atoms with Gasteiger partial charge in [-0.3, -0.25) is 4.79 Å². The Morgan fingerprint density at radius 3 is 2.74 bits per heavy atom. The second-order valence-electron chi connectivity index (χ2n) is 5.51. The molecular weight excluding hydrogens is 266 g/mol. The van der Waals surface area contributed by atoms with Gasteiger partial charge in [0.05, 0.1) is 18.6 Å². The van der Waals surface area contributed by atoms with Crippen LogP contribution in [0.3, 0.4) is 0 Å². The number of halogens is 1. The molecule has 1 amide bonds. The van der Waals surface area contributed by atoms with Gasteiger partial charge in [-0.1, -0.05) is 0 Å². The van der Waals surface area contributed by atoms with Gasteiger partial charge in [-0.25, -0.2) is 0 Å². The number of carbonyl (C=O) groups excluding carboxylic acids is 1. The van der Waals surface area contributed by atoms with Crippen molar-refractivity contribution in [3.63, 3.8) is 0 Å². The van der Waals surface area contributed by atoms with Crippen molar-refractivity contribution in [1.82, 2.24) is 15.5 Å². The first-order valence-electron chi connectivity index (χ1n) is 6.76. The van der Waals surface area contributed by atoms with Gasteiger partial charge in [-0.15, -0.1) is 12.4 Å². The van der Waals surface area contributed by atoms with Gasteiger partial charge in [0.2, 0.25) is 5.91 Å². The molecule has 2 N–H and O–H groups in total. The molecule has 0 radical (unpaired) electrons. The summed E-state index contributed by atoms with van der Waals surface area (Å²) in [4.78, 5) is 14.1. The van der Waals surface area contributed by atoms with E-state index < -0.39 is 0 Å². The Kier molecular flexibility index (Phi) is 9.35. The lowest BCUT2D eigenvalue weighted by Gasteiger charge is -2.32. The normalized spacial score (nSPS) is 22.9. The molecule has 1 fully saturated rings. The fourth-order valence-electron chi connectivity index (χ4n) is 2.05. The van der Waals surface area contributed by atoms with Crippen LogP contribution in [0.4, 0.5) is 0 Å². The van der Waals surface area contributed by atoms with Crippen LogP contribution in [-0.2, 0) is 9.53 Å². The molecule has 1 aliphatic heterocycles. The van der Waals surface area contributed by atoms with Gasteiger partial charge in [-0.05, 0) is 40.4 Å². The van der Waals surface area contributed by atoms with E-state index in [2.05, 4.69) is 15.5 Å². The first-order chi connectivity index (χ1) is 8.54. The second-order valence-corrected chi connectivity index (χ2v) is 5.51. The molecule has 0 aromatic carbocycles. The third-order valence-corrected chi connectivity index (χ3v) is 3.36. The van der Waals surface area contributed by atoms with Crippen molar-refractivity contribution < 1.29 is 9.53 Å². The molecule has 0 aromatic heterocycles. The minimum Gasteiger partial charge on any atom is -0.378 e. The third kappa shape index (κ3) is 7.11. The number of nitrogens with zero attached hydrogens (tertiary/aromatic N) is 1. The Morgan fingerprint density at radius 1 is 1.42 bits per heavy atom. The van der Waals surface area contributed by atoms with E-state index >= 15 is 0 Å². The highest BCUT2D eigenvalue weighted by Gasteiger charge is 2.34. The van der Waals surface area contributed by atoms with E-state index in [4.69, 9.17) is 4.74 Å². The van der Waals surface area contributed by atoms with Crippen LogP contribution in [0.15, 0.2) is 0 Å². The summed E-state index contributed by atoms with van der Waals surface area (Å²) in [5.74, 6) is 0.144. The summed E-state index contributed by atoms with van der Waals surface area (Å²) in [6.45, 7) is 6.64. The smallest absolute Gasteiger partial charge is 0.227 e. The minimum atomic E-state index is -0.248. The van der Waals surface area contributed by atoms with Crippen LogP contribution in [0.2, 0.25) is 0 Å². The third-order valence-electron chi connectivity index (χ3n) is 3.36. The lowest BCUT2D eigenvalue weighted by molar-refractivity contribution is -0.131. The Hall–Kier alpha value is -0.360. The van der Waals surface area contributed by atoms with Crippen molar-refractivity contribution in [3.8, 4) is 0 Å². The Morgan fingerprint density at radius 2 is 2.16 bits per heavy atom. The first kappa shape index (κ1) is 18.6. The molecule has 1 atom stereocenters. The molecule has 0 saturated carbocycles. The number of rotatable bonds is 7. The molecule has 1 aliphatic rings. The van der Waals surface area contributed by atoms with Gasteiger partial charge in [0.15, 0.2) is 0 Å². The van der Waals surface area contributed by atoms with Gasteiger partial charge in [0.25, 0.3) is 0 Å². The fraction of sp³-hybridized carbons (Fsp3) is 0.923. The molecule has 0 bridgehead atoms. The molecule has 0 aromatic rings. The molecule has 114 valence electrons. The lowest BCUT2D eigenvalue weighted by Crippen LogP contribution is -2.49.